The van der Waals surface area contributed by atoms with Crippen LogP contribution < -0.4 is 0 Å². The summed E-state index contributed by atoms with van der Waals surface area (Å²) in [7, 11) is 0. The molecule has 0 aliphatic heterocycles. The molecule has 0 saturated heterocycles. The maximum Gasteiger partial charge on any atom is 0.114 e. The zero-order valence-electron chi connectivity index (χ0n) is 10.3. The summed E-state index contributed by atoms with van der Waals surface area (Å²) >= 11 is 0. The highest BCUT2D eigenvalue weighted by molar-refractivity contribution is 5.10. The van der Waals surface area contributed by atoms with Crippen molar-refractivity contribution in [1.29, 1.82) is 0 Å². The Hall–Kier alpha value is -0.980. The third kappa shape index (κ3) is 9.33. The molecule has 0 bridgehead atoms. The Labute approximate surface area is 94.5 Å². The fourth-order valence-corrected chi connectivity index (χ4v) is 1.18. The van der Waals surface area contributed by atoms with Crippen LogP contribution >= 0.6 is 0 Å². The lowest BCUT2D eigenvalue weighted by atomic mass is 10.2. The molecule has 0 amide bonds. The highest BCUT2D eigenvalue weighted by Gasteiger charge is 1.91. The molecule has 0 heterocycles. The van der Waals surface area contributed by atoms with E-state index in [4.69, 9.17) is 4.74 Å². The summed E-state index contributed by atoms with van der Waals surface area (Å²) in [5.74, 6) is 0.989. The van der Waals surface area contributed by atoms with Gasteiger partial charge in [0.25, 0.3) is 0 Å². The van der Waals surface area contributed by atoms with E-state index < -0.39 is 0 Å². The quantitative estimate of drug-likeness (QED) is 0.245. The molecular formula is C14H24O. The number of hydrogen-bond acceptors (Lipinski definition) is 1. The summed E-state index contributed by atoms with van der Waals surface area (Å²) in [4.78, 5) is 0. The van der Waals surface area contributed by atoms with Crippen LogP contribution in [0.15, 0.2) is 36.1 Å². The van der Waals surface area contributed by atoms with E-state index in [1.807, 2.05) is 19.1 Å². The van der Waals surface area contributed by atoms with E-state index in [1.165, 1.54) is 6.42 Å². The van der Waals surface area contributed by atoms with Gasteiger partial charge in [-0.15, -0.1) is 0 Å². The molecular weight excluding hydrogens is 184 g/mol. The van der Waals surface area contributed by atoms with Gasteiger partial charge < -0.3 is 4.74 Å². The second-order valence-corrected chi connectivity index (χ2v) is 3.41. The Kier molecular flexibility index (Phi) is 10.4. The second kappa shape index (κ2) is 11.1. The van der Waals surface area contributed by atoms with Crippen molar-refractivity contribution in [3.8, 4) is 0 Å². The van der Waals surface area contributed by atoms with Crippen LogP contribution in [0.4, 0.5) is 0 Å². The van der Waals surface area contributed by atoms with Gasteiger partial charge in [0.15, 0.2) is 0 Å². The second-order valence-electron chi connectivity index (χ2n) is 3.41. The van der Waals surface area contributed by atoms with E-state index in [0.29, 0.717) is 0 Å². The fraction of sp³-hybridized carbons (Fsp3) is 0.571. The number of allylic oxidation sites excluding steroid dienone is 5. The normalized spacial score (nSPS) is 12.9. The Morgan fingerprint density at radius 2 is 1.93 bits per heavy atom. The summed E-state index contributed by atoms with van der Waals surface area (Å²) in [6, 6.07) is 0. The molecule has 0 aromatic rings. The first kappa shape index (κ1) is 14.0. The lowest BCUT2D eigenvalue weighted by molar-refractivity contribution is 0.217. The molecule has 1 nitrogen and oxygen atoms in total. The average molecular weight is 208 g/mol. The number of hydrogen-bond donors (Lipinski definition) is 0. The predicted octanol–water partition coefficient (Wildman–Crippen LogP) is 4.62. The van der Waals surface area contributed by atoms with E-state index in [0.717, 1.165) is 31.6 Å². The van der Waals surface area contributed by atoms with Crippen LogP contribution in [0.25, 0.3) is 0 Å². The zero-order chi connectivity index (χ0) is 11.4. The minimum absolute atomic E-state index is 0.825. The molecule has 0 radical (unpaired) electrons. The Bertz CT molecular complexity index is 211. The molecule has 0 aromatic carbocycles. The first-order chi connectivity index (χ1) is 7.35. The molecule has 86 valence electrons. The summed E-state index contributed by atoms with van der Waals surface area (Å²) in [6.45, 7) is 7.02. The summed E-state index contributed by atoms with van der Waals surface area (Å²) in [5, 5.41) is 0. The smallest absolute Gasteiger partial charge is 0.114 e. The van der Waals surface area contributed by atoms with Gasteiger partial charge in [0, 0.05) is 0 Å². The highest BCUT2D eigenvalue weighted by Crippen LogP contribution is 2.04. The third-order valence-corrected chi connectivity index (χ3v) is 2.07. The Balaban J connectivity index is 3.51. The first-order valence-corrected chi connectivity index (χ1v) is 5.92. The van der Waals surface area contributed by atoms with Crippen LogP contribution in [0.1, 0.15) is 46.5 Å². The van der Waals surface area contributed by atoms with Gasteiger partial charge >= 0.3 is 0 Å². The van der Waals surface area contributed by atoms with Crippen molar-refractivity contribution < 1.29 is 4.74 Å². The lowest BCUT2D eigenvalue weighted by Crippen LogP contribution is -1.92. The topological polar surface area (TPSA) is 9.23 Å². The van der Waals surface area contributed by atoms with Crippen molar-refractivity contribution >= 4 is 0 Å². The fourth-order valence-electron chi connectivity index (χ4n) is 1.18. The van der Waals surface area contributed by atoms with Gasteiger partial charge in [-0.1, -0.05) is 25.2 Å². The van der Waals surface area contributed by atoms with E-state index in [1.54, 1.807) is 0 Å². The Morgan fingerprint density at radius 1 is 1.13 bits per heavy atom. The molecule has 0 spiro atoms. The molecule has 0 aliphatic rings. The standard InChI is InChI=1S/C14H24O/c1-4-7-9-10-11-13-15-14(6-3)12-8-5-2/h4,6-8,12H,5,9-11,13H2,1-3H3/b7-4+,12-8-,14-6+. The van der Waals surface area contributed by atoms with Gasteiger partial charge in [-0.05, 0) is 51.7 Å². The van der Waals surface area contributed by atoms with Crippen molar-refractivity contribution in [1.82, 2.24) is 0 Å². The largest absolute Gasteiger partial charge is 0.494 e. The lowest BCUT2D eigenvalue weighted by Gasteiger charge is -2.05. The number of unbranched alkanes of at least 4 members (excludes halogenated alkanes) is 2. The monoisotopic (exact) mass is 208 g/mol. The minimum atomic E-state index is 0.825. The Morgan fingerprint density at radius 3 is 2.53 bits per heavy atom. The molecule has 0 N–H and O–H groups in total. The van der Waals surface area contributed by atoms with Crippen LogP contribution in [-0.4, -0.2) is 6.61 Å². The number of rotatable bonds is 8. The third-order valence-electron chi connectivity index (χ3n) is 2.07. The molecule has 0 atom stereocenters. The number of ether oxygens (including phenoxy) is 1. The van der Waals surface area contributed by atoms with Crippen molar-refractivity contribution in [2.45, 2.75) is 46.5 Å². The molecule has 15 heavy (non-hydrogen) atoms. The minimum Gasteiger partial charge on any atom is -0.494 e. The van der Waals surface area contributed by atoms with Crippen LogP contribution in [0.3, 0.4) is 0 Å². The summed E-state index contributed by atoms with van der Waals surface area (Å²) < 4.78 is 5.62. The molecule has 0 rings (SSSR count). The average Bonchev–Trinajstić information content (AvgIpc) is 2.27. The molecule has 0 fully saturated rings. The predicted molar refractivity (Wildman–Crippen MR) is 67.8 cm³/mol. The van der Waals surface area contributed by atoms with Crippen LogP contribution in [0.5, 0.6) is 0 Å². The van der Waals surface area contributed by atoms with Gasteiger partial charge in [-0.2, -0.15) is 0 Å². The van der Waals surface area contributed by atoms with Crippen molar-refractivity contribution in [3.05, 3.63) is 36.1 Å². The van der Waals surface area contributed by atoms with E-state index in [-0.39, 0.29) is 0 Å². The SMILES string of the molecule is C/C=C/CCCCOC(/C=C\CC)=C/C. The van der Waals surface area contributed by atoms with Gasteiger partial charge in [0.05, 0.1) is 6.61 Å². The van der Waals surface area contributed by atoms with E-state index >= 15 is 0 Å². The van der Waals surface area contributed by atoms with Crippen LogP contribution in [0, 0.1) is 0 Å². The van der Waals surface area contributed by atoms with Crippen molar-refractivity contribution in [2.75, 3.05) is 6.61 Å². The first-order valence-electron chi connectivity index (χ1n) is 5.92. The molecule has 0 saturated carbocycles. The van der Waals surface area contributed by atoms with Gasteiger partial charge in [0.2, 0.25) is 0 Å². The van der Waals surface area contributed by atoms with E-state index in [9.17, 15) is 0 Å². The van der Waals surface area contributed by atoms with Crippen molar-refractivity contribution in [2.24, 2.45) is 0 Å². The molecule has 0 aromatic heterocycles. The maximum absolute atomic E-state index is 5.62. The summed E-state index contributed by atoms with van der Waals surface area (Å²) in [6.07, 6.45) is 15.0. The molecule has 0 unspecified atom stereocenters. The summed E-state index contributed by atoms with van der Waals surface area (Å²) in [5.41, 5.74) is 0. The molecule has 1 heteroatoms. The maximum atomic E-state index is 5.62. The van der Waals surface area contributed by atoms with Crippen LogP contribution in [-0.2, 0) is 4.74 Å². The van der Waals surface area contributed by atoms with Crippen molar-refractivity contribution in [3.63, 3.8) is 0 Å². The van der Waals surface area contributed by atoms with Gasteiger partial charge in [-0.3, -0.25) is 0 Å². The highest BCUT2D eigenvalue weighted by atomic mass is 16.5. The van der Waals surface area contributed by atoms with E-state index in [2.05, 4.69) is 32.1 Å². The van der Waals surface area contributed by atoms with Gasteiger partial charge in [0.1, 0.15) is 5.76 Å². The zero-order valence-corrected chi connectivity index (χ0v) is 10.3. The van der Waals surface area contributed by atoms with Crippen LogP contribution in [0.2, 0.25) is 0 Å². The van der Waals surface area contributed by atoms with Gasteiger partial charge in [-0.25, -0.2) is 0 Å². The molecule has 0 aliphatic carbocycles.